The van der Waals surface area contributed by atoms with Gasteiger partial charge in [-0.25, -0.2) is 4.79 Å². The zero-order valence-electron chi connectivity index (χ0n) is 8.00. The van der Waals surface area contributed by atoms with Gasteiger partial charge in [-0.2, -0.15) is 0 Å². The summed E-state index contributed by atoms with van der Waals surface area (Å²) in [6.45, 7) is 0.390. The maximum absolute atomic E-state index is 11.2. The number of halogens is 2. The molecule has 3 nitrogen and oxygen atoms in total. The molecule has 1 N–H and O–H groups in total. The Hall–Kier alpha value is -0.740. The van der Waals surface area contributed by atoms with Crippen LogP contribution in [0.2, 0.25) is 5.02 Å². The topological polar surface area (TPSA) is 38.3 Å². The number of ether oxygens (including phenoxy) is 1. The molecule has 1 aromatic rings. The van der Waals surface area contributed by atoms with E-state index in [9.17, 15) is 4.79 Å². The Bertz CT molecular complexity index is 333. The van der Waals surface area contributed by atoms with Crippen LogP contribution < -0.4 is 5.32 Å². The van der Waals surface area contributed by atoms with E-state index in [0.717, 1.165) is 11.8 Å². The smallest absolute Gasteiger partial charge is 0.411 e. The first kappa shape index (κ1) is 12.3. The molecule has 0 aliphatic heterocycles. The van der Waals surface area contributed by atoms with E-state index < -0.39 is 6.09 Å². The van der Waals surface area contributed by atoms with E-state index in [4.69, 9.17) is 16.3 Å². The largest absolute Gasteiger partial charge is 0.449 e. The Balaban J connectivity index is 2.41. The second kappa shape index (κ2) is 6.69. The van der Waals surface area contributed by atoms with Crippen molar-refractivity contribution in [2.24, 2.45) is 0 Å². The van der Waals surface area contributed by atoms with Crippen LogP contribution >= 0.6 is 27.5 Å². The van der Waals surface area contributed by atoms with Gasteiger partial charge in [0.15, 0.2) is 0 Å². The summed E-state index contributed by atoms with van der Waals surface area (Å²) < 4.78 is 4.90. The zero-order valence-corrected chi connectivity index (χ0v) is 10.3. The predicted molar refractivity (Wildman–Crippen MR) is 64.8 cm³/mol. The van der Waals surface area contributed by atoms with Crippen LogP contribution in [0.3, 0.4) is 0 Å². The van der Waals surface area contributed by atoms with Crippen LogP contribution in [0.25, 0.3) is 0 Å². The summed E-state index contributed by atoms with van der Waals surface area (Å²) in [7, 11) is 0. The third-order valence-corrected chi connectivity index (χ3v) is 2.51. The van der Waals surface area contributed by atoms with Crippen LogP contribution in [-0.4, -0.2) is 18.0 Å². The standard InChI is InChI=1S/C10H11BrClNO2/c11-6-3-7-15-10(14)13-9-5-2-1-4-8(9)12/h1-2,4-5H,3,6-7H2,(H,13,14). The average Bonchev–Trinajstić information content (AvgIpc) is 2.22. The molecular weight excluding hydrogens is 281 g/mol. The summed E-state index contributed by atoms with van der Waals surface area (Å²) in [6.07, 6.45) is 0.305. The number of amides is 1. The Labute approximate surface area is 102 Å². The number of carbonyl (C=O) groups excluding carboxylic acids is 1. The molecule has 82 valence electrons. The Morgan fingerprint density at radius 1 is 1.47 bits per heavy atom. The van der Waals surface area contributed by atoms with E-state index in [1.54, 1.807) is 24.3 Å². The van der Waals surface area contributed by atoms with Crippen molar-refractivity contribution in [2.45, 2.75) is 6.42 Å². The number of rotatable bonds is 4. The highest BCUT2D eigenvalue weighted by Gasteiger charge is 2.04. The molecule has 0 unspecified atom stereocenters. The van der Waals surface area contributed by atoms with E-state index in [2.05, 4.69) is 21.2 Å². The molecule has 1 rings (SSSR count). The number of hydrogen-bond donors (Lipinski definition) is 1. The van der Waals surface area contributed by atoms with Gasteiger partial charge < -0.3 is 4.74 Å². The van der Waals surface area contributed by atoms with Crippen LogP contribution in [0, 0.1) is 0 Å². The molecular formula is C10H11BrClNO2. The lowest BCUT2D eigenvalue weighted by Gasteiger charge is -2.07. The quantitative estimate of drug-likeness (QED) is 0.679. The van der Waals surface area contributed by atoms with Crippen molar-refractivity contribution in [1.82, 2.24) is 0 Å². The normalized spacial score (nSPS) is 9.73. The molecule has 0 atom stereocenters. The van der Waals surface area contributed by atoms with Gasteiger partial charge in [-0.1, -0.05) is 39.7 Å². The number of benzene rings is 1. The summed E-state index contributed by atoms with van der Waals surface area (Å²) in [5.74, 6) is 0. The van der Waals surface area contributed by atoms with Crippen LogP contribution in [0.1, 0.15) is 6.42 Å². The highest BCUT2D eigenvalue weighted by molar-refractivity contribution is 9.09. The van der Waals surface area contributed by atoms with Crippen molar-refractivity contribution in [3.63, 3.8) is 0 Å². The molecule has 0 saturated carbocycles. The minimum Gasteiger partial charge on any atom is -0.449 e. The van der Waals surface area contributed by atoms with Crippen molar-refractivity contribution < 1.29 is 9.53 Å². The van der Waals surface area contributed by atoms with Gasteiger partial charge in [0.25, 0.3) is 0 Å². The van der Waals surface area contributed by atoms with E-state index >= 15 is 0 Å². The molecule has 0 saturated heterocycles. The second-order valence-electron chi connectivity index (χ2n) is 2.78. The number of carbonyl (C=O) groups is 1. The molecule has 0 heterocycles. The molecule has 5 heteroatoms. The Morgan fingerprint density at radius 2 is 2.20 bits per heavy atom. The molecule has 0 aromatic heterocycles. The SMILES string of the molecule is O=C(Nc1ccccc1Cl)OCCCBr. The van der Waals surface area contributed by atoms with Crippen molar-refractivity contribution in [1.29, 1.82) is 0 Å². The van der Waals surface area contributed by atoms with Crippen molar-refractivity contribution in [2.75, 3.05) is 17.3 Å². The summed E-state index contributed by atoms with van der Waals surface area (Å²) in [5, 5.41) is 3.87. The summed E-state index contributed by atoms with van der Waals surface area (Å²) >= 11 is 9.10. The molecule has 1 amide bonds. The van der Waals surface area contributed by atoms with Crippen molar-refractivity contribution >= 4 is 39.3 Å². The first-order valence-corrected chi connectivity index (χ1v) is 5.98. The minimum atomic E-state index is -0.482. The van der Waals surface area contributed by atoms with Crippen LogP contribution in [0.4, 0.5) is 10.5 Å². The molecule has 15 heavy (non-hydrogen) atoms. The highest BCUT2D eigenvalue weighted by atomic mass is 79.9. The van der Waals surface area contributed by atoms with Gasteiger partial charge in [0.2, 0.25) is 0 Å². The van der Waals surface area contributed by atoms with Gasteiger partial charge in [-0.3, -0.25) is 5.32 Å². The number of alkyl halides is 1. The second-order valence-corrected chi connectivity index (χ2v) is 3.98. The van der Waals surface area contributed by atoms with Gasteiger partial charge >= 0.3 is 6.09 Å². The van der Waals surface area contributed by atoms with Crippen LogP contribution in [0.15, 0.2) is 24.3 Å². The minimum absolute atomic E-state index is 0.390. The first-order valence-electron chi connectivity index (χ1n) is 4.48. The van der Waals surface area contributed by atoms with Gasteiger partial charge in [-0.05, 0) is 18.6 Å². The van der Waals surface area contributed by atoms with Gasteiger partial charge in [0.05, 0.1) is 17.3 Å². The van der Waals surface area contributed by atoms with E-state index in [1.165, 1.54) is 0 Å². The fourth-order valence-corrected chi connectivity index (χ4v) is 1.34. The van der Waals surface area contributed by atoms with Crippen molar-refractivity contribution in [3.05, 3.63) is 29.3 Å². The van der Waals surface area contributed by atoms with E-state index in [-0.39, 0.29) is 0 Å². The van der Waals surface area contributed by atoms with Crippen LogP contribution in [-0.2, 0) is 4.74 Å². The van der Waals surface area contributed by atoms with E-state index in [0.29, 0.717) is 17.3 Å². The lowest BCUT2D eigenvalue weighted by molar-refractivity contribution is 0.162. The zero-order chi connectivity index (χ0) is 11.1. The van der Waals surface area contributed by atoms with Gasteiger partial charge in [0, 0.05) is 5.33 Å². The Morgan fingerprint density at radius 3 is 2.87 bits per heavy atom. The fourth-order valence-electron chi connectivity index (χ4n) is 0.928. The third kappa shape index (κ3) is 4.53. The summed E-state index contributed by atoms with van der Waals surface area (Å²) in [6, 6.07) is 7.01. The lowest BCUT2D eigenvalue weighted by Crippen LogP contribution is -2.14. The third-order valence-electron chi connectivity index (χ3n) is 1.62. The van der Waals surface area contributed by atoms with Gasteiger partial charge in [-0.15, -0.1) is 0 Å². The lowest BCUT2D eigenvalue weighted by atomic mass is 10.3. The fraction of sp³-hybridized carbons (Fsp3) is 0.300. The molecule has 0 aliphatic rings. The maximum atomic E-state index is 11.2. The highest BCUT2D eigenvalue weighted by Crippen LogP contribution is 2.20. The molecule has 0 radical (unpaired) electrons. The first-order chi connectivity index (χ1) is 7.24. The summed E-state index contributed by atoms with van der Waals surface area (Å²) in [4.78, 5) is 11.2. The maximum Gasteiger partial charge on any atom is 0.411 e. The average molecular weight is 293 g/mol. The molecule has 1 aromatic carbocycles. The summed E-state index contributed by atoms with van der Waals surface area (Å²) in [5.41, 5.74) is 0.558. The number of para-hydroxylation sites is 1. The van der Waals surface area contributed by atoms with E-state index in [1.807, 2.05) is 0 Å². The van der Waals surface area contributed by atoms with Crippen LogP contribution in [0.5, 0.6) is 0 Å². The number of hydrogen-bond acceptors (Lipinski definition) is 2. The Kier molecular flexibility index (Phi) is 5.50. The van der Waals surface area contributed by atoms with Crippen molar-refractivity contribution in [3.8, 4) is 0 Å². The predicted octanol–water partition coefficient (Wildman–Crippen LogP) is 3.67. The molecule has 0 spiro atoms. The molecule has 0 fully saturated rings. The molecule has 0 aliphatic carbocycles. The molecule has 0 bridgehead atoms. The monoisotopic (exact) mass is 291 g/mol. The number of nitrogens with one attached hydrogen (secondary N) is 1. The number of anilines is 1. The van der Waals surface area contributed by atoms with Gasteiger partial charge in [0.1, 0.15) is 0 Å².